The van der Waals surface area contributed by atoms with Crippen LogP contribution in [-0.4, -0.2) is 13.6 Å². The fourth-order valence-corrected chi connectivity index (χ4v) is 1.78. The molecular weight excluding hydrogens is 170 g/mol. The zero-order chi connectivity index (χ0) is 10.6. The Labute approximate surface area is 87.5 Å². The predicted molar refractivity (Wildman–Crippen MR) is 62.7 cm³/mol. The SMILES string of the molecule is CCC(C)(CNC)c1ccc(C)cc1. The summed E-state index contributed by atoms with van der Waals surface area (Å²) in [6.07, 6.45) is 1.16. The van der Waals surface area contributed by atoms with Crippen LogP contribution in [0.3, 0.4) is 0 Å². The van der Waals surface area contributed by atoms with Crippen molar-refractivity contribution >= 4 is 0 Å². The molecule has 1 aromatic rings. The lowest BCUT2D eigenvalue weighted by Crippen LogP contribution is -2.33. The molecule has 1 atom stereocenters. The summed E-state index contributed by atoms with van der Waals surface area (Å²) in [5.41, 5.74) is 3.03. The van der Waals surface area contributed by atoms with Crippen LogP contribution in [0.2, 0.25) is 0 Å². The second kappa shape index (κ2) is 4.61. The Kier molecular flexibility index (Phi) is 3.70. The Hall–Kier alpha value is -0.820. The molecule has 1 unspecified atom stereocenters. The Morgan fingerprint density at radius 1 is 1.21 bits per heavy atom. The van der Waals surface area contributed by atoms with Crippen molar-refractivity contribution in [2.24, 2.45) is 0 Å². The van der Waals surface area contributed by atoms with E-state index in [0.29, 0.717) is 0 Å². The van der Waals surface area contributed by atoms with E-state index in [1.54, 1.807) is 0 Å². The van der Waals surface area contributed by atoms with Crippen molar-refractivity contribution in [2.45, 2.75) is 32.6 Å². The van der Waals surface area contributed by atoms with Crippen molar-refractivity contribution in [3.63, 3.8) is 0 Å². The molecule has 1 aromatic carbocycles. The first-order valence-electron chi connectivity index (χ1n) is 5.34. The highest BCUT2D eigenvalue weighted by atomic mass is 14.8. The molecule has 14 heavy (non-hydrogen) atoms. The van der Waals surface area contributed by atoms with Gasteiger partial charge in [-0.25, -0.2) is 0 Å². The van der Waals surface area contributed by atoms with Gasteiger partial charge in [0.05, 0.1) is 0 Å². The lowest BCUT2D eigenvalue weighted by molar-refractivity contribution is 0.434. The largest absolute Gasteiger partial charge is 0.319 e. The van der Waals surface area contributed by atoms with Crippen LogP contribution in [0.1, 0.15) is 31.4 Å². The van der Waals surface area contributed by atoms with E-state index in [-0.39, 0.29) is 5.41 Å². The lowest BCUT2D eigenvalue weighted by atomic mass is 9.80. The molecular formula is C13H21N. The molecule has 0 spiro atoms. The molecule has 0 aromatic heterocycles. The smallest absolute Gasteiger partial charge is 0.00468 e. The average molecular weight is 191 g/mol. The van der Waals surface area contributed by atoms with E-state index in [9.17, 15) is 0 Å². The third kappa shape index (κ3) is 2.36. The molecule has 0 aliphatic carbocycles. The first kappa shape index (κ1) is 11.3. The second-order valence-electron chi connectivity index (χ2n) is 4.31. The minimum absolute atomic E-state index is 0.266. The van der Waals surface area contributed by atoms with Crippen LogP contribution in [0, 0.1) is 6.92 Å². The van der Waals surface area contributed by atoms with E-state index in [2.05, 4.69) is 50.4 Å². The zero-order valence-corrected chi connectivity index (χ0v) is 9.72. The van der Waals surface area contributed by atoms with Crippen molar-refractivity contribution < 1.29 is 0 Å². The van der Waals surface area contributed by atoms with Gasteiger partial charge in [0.2, 0.25) is 0 Å². The maximum atomic E-state index is 3.27. The molecule has 0 aliphatic rings. The molecule has 1 heteroatoms. The number of benzene rings is 1. The monoisotopic (exact) mass is 191 g/mol. The zero-order valence-electron chi connectivity index (χ0n) is 9.72. The molecule has 78 valence electrons. The Morgan fingerprint density at radius 2 is 1.79 bits per heavy atom. The molecule has 0 bridgehead atoms. The summed E-state index contributed by atoms with van der Waals surface area (Å²) in [6, 6.07) is 8.88. The molecule has 0 amide bonds. The third-order valence-electron chi connectivity index (χ3n) is 3.10. The van der Waals surface area contributed by atoms with Gasteiger partial charge in [0, 0.05) is 12.0 Å². The predicted octanol–water partition coefficient (Wildman–Crippen LogP) is 2.88. The first-order valence-corrected chi connectivity index (χ1v) is 5.34. The van der Waals surface area contributed by atoms with Crippen molar-refractivity contribution in [1.29, 1.82) is 0 Å². The second-order valence-corrected chi connectivity index (χ2v) is 4.31. The highest BCUT2D eigenvalue weighted by Crippen LogP contribution is 2.26. The van der Waals surface area contributed by atoms with E-state index < -0.39 is 0 Å². The number of likely N-dealkylation sites (N-methyl/N-ethyl adjacent to an activating group) is 1. The van der Waals surface area contributed by atoms with Gasteiger partial charge in [0.1, 0.15) is 0 Å². The van der Waals surface area contributed by atoms with Crippen LogP contribution in [0.5, 0.6) is 0 Å². The fraction of sp³-hybridized carbons (Fsp3) is 0.538. The van der Waals surface area contributed by atoms with Gasteiger partial charge in [-0.15, -0.1) is 0 Å². The third-order valence-corrected chi connectivity index (χ3v) is 3.10. The number of hydrogen-bond acceptors (Lipinski definition) is 1. The highest BCUT2D eigenvalue weighted by molar-refractivity contribution is 5.28. The molecule has 0 heterocycles. The Bertz CT molecular complexity index is 276. The topological polar surface area (TPSA) is 12.0 Å². The fourth-order valence-electron chi connectivity index (χ4n) is 1.78. The Balaban J connectivity index is 2.94. The van der Waals surface area contributed by atoms with Crippen molar-refractivity contribution in [3.8, 4) is 0 Å². The van der Waals surface area contributed by atoms with Crippen molar-refractivity contribution in [3.05, 3.63) is 35.4 Å². The standard InChI is InChI=1S/C13H21N/c1-5-13(3,10-14-4)12-8-6-11(2)7-9-12/h6-9,14H,5,10H2,1-4H3. The minimum atomic E-state index is 0.266. The van der Waals surface area contributed by atoms with E-state index in [4.69, 9.17) is 0 Å². The molecule has 0 radical (unpaired) electrons. The van der Waals surface area contributed by atoms with Gasteiger partial charge >= 0.3 is 0 Å². The molecule has 0 saturated carbocycles. The van der Waals surface area contributed by atoms with Gasteiger partial charge in [-0.05, 0) is 26.0 Å². The Morgan fingerprint density at radius 3 is 2.21 bits per heavy atom. The van der Waals surface area contributed by atoms with Gasteiger partial charge in [0.15, 0.2) is 0 Å². The van der Waals surface area contributed by atoms with E-state index in [1.807, 2.05) is 7.05 Å². The molecule has 1 N–H and O–H groups in total. The summed E-state index contributed by atoms with van der Waals surface area (Å²) < 4.78 is 0. The average Bonchev–Trinajstić information content (AvgIpc) is 2.19. The van der Waals surface area contributed by atoms with Crippen LogP contribution in [0.15, 0.2) is 24.3 Å². The maximum absolute atomic E-state index is 3.27. The number of hydrogen-bond donors (Lipinski definition) is 1. The van der Waals surface area contributed by atoms with Crippen molar-refractivity contribution in [2.75, 3.05) is 13.6 Å². The van der Waals surface area contributed by atoms with Gasteiger partial charge < -0.3 is 5.32 Å². The first-order chi connectivity index (χ1) is 6.62. The summed E-state index contributed by atoms with van der Waals surface area (Å²) in [4.78, 5) is 0. The summed E-state index contributed by atoms with van der Waals surface area (Å²) in [5, 5.41) is 3.27. The van der Waals surface area contributed by atoms with E-state index in [0.717, 1.165) is 13.0 Å². The molecule has 1 rings (SSSR count). The quantitative estimate of drug-likeness (QED) is 0.771. The van der Waals surface area contributed by atoms with Crippen LogP contribution in [-0.2, 0) is 5.41 Å². The highest BCUT2D eigenvalue weighted by Gasteiger charge is 2.22. The number of rotatable bonds is 4. The van der Waals surface area contributed by atoms with E-state index in [1.165, 1.54) is 11.1 Å². The number of aryl methyl sites for hydroxylation is 1. The lowest BCUT2D eigenvalue weighted by Gasteiger charge is -2.28. The number of nitrogens with one attached hydrogen (secondary N) is 1. The van der Waals surface area contributed by atoms with E-state index >= 15 is 0 Å². The molecule has 0 saturated heterocycles. The normalized spacial score (nSPS) is 15.1. The van der Waals surface area contributed by atoms with Crippen LogP contribution in [0.25, 0.3) is 0 Å². The van der Waals surface area contributed by atoms with Gasteiger partial charge in [-0.3, -0.25) is 0 Å². The molecule has 1 nitrogen and oxygen atoms in total. The maximum Gasteiger partial charge on any atom is 0.00468 e. The van der Waals surface area contributed by atoms with Gasteiger partial charge in [-0.1, -0.05) is 43.7 Å². The van der Waals surface area contributed by atoms with Crippen LogP contribution >= 0.6 is 0 Å². The molecule has 0 fully saturated rings. The molecule has 0 aliphatic heterocycles. The van der Waals surface area contributed by atoms with Crippen molar-refractivity contribution in [1.82, 2.24) is 5.32 Å². The van der Waals surface area contributed by atoms with Gasteiger partial charge in [-0.2, -0.15) is 0 Å². The van der Waals surface area contributed by atoms with Crippen LogP contribution in [0.4, 0.5) is 0 Å². The summed E-state index contributed by atoms with van der Waals surface area (Å²) in [7, 11) is 2.02. The summed E-state index contributed by atoms with van der Waals surface area (Å²) >= 11 is 0. The summed E-state index contributed by atoms with van der Waals surface area (Å²) in [5.74, 6) is 0. The van der Waals surface area contributed by atoms with Gasteiger partial charge in [0.25, 0.3) is 0 Å². The summed E-state index contributed by atoms with van der Waals surface area (Å²) in [6.45, 7) is 7.73. The minimum Gasteiger partial charge on any atom is -0.319 e. The van der Waals surface area contributed by atoms with Crippen LogP contribution < -0.4 is 5.32 Å².